The van der Waals surface area contributed by atoms with Crippen molar-refractivity contribution >= 4 is 11.7 Å². The maximum atomic E-state index is 11.5. The Morgan fingerprint density at radius 2 is 2.04 bits per heavy atom. The van der Waals surface area contributed by atoms with E-state index in [1.807, 2.05) is 24.3 Å². The van der Waals surface area contributed by atoms with Gasteiger partial charge in [0.2, 0.25) is 0 Å². The van der Waals surface area contributed by atoms with Crippen molar-refractivity contribution in [3.05, 3.63) is 53.2 Å². The fourth-order valence-electron chi connectivity index (χ4n) is 3.12. The van der Waals surface area contributed by atoms with E-state index in [0.29, 0.717) is 12.4 Å². The summed E-state index contributed by atoms with van der Waals surface area (Å²) < 4.78 is 0. The maximum Gasteiger partial charge on any atom is 0.271 e. The lowest BCUT2D eigenvalue weighted by Gasteiger charge is -2.43. The van der Waals surface area contributed by atoms with Gasteiger partial charge in [0.25, 0.3) is 5.91 Å². The number of hydrogen-bond acceptors (Lipinski definition) is 5. The summed E-state index contributed by atoms with van der Waals surface area (Å²) in [6.45, 7) is 0.694. The van der Waals surface area contributed by atoms with Crippen LogP contribution in [0.2, 0.25) is 0 Å². The van der Waals surface area contributed by atoms with E-state index in [9.17, 15) is 10.1 Å². The van der Waals surface area contributed by atoms with Crippen molar-refractivity contribution in [1.82, 2.24) is 15.5 Å². The summed E-state index contributed by atoms with van der Waals surface area (Å²) in [7, 11) is 1.56. The monoisotopic (exact) mass is 321 g/mol. The number of nitriles is 1. The summed E-state index contributed by atoms with van der Waals surface area (Å²) in [6, 6.07) is 13.5. The standard InChI is InChI=1S/C18H19N5O/c1-20-17(24)15-7-8-16(23-22-15)21-12-18(9-4-10-18)14-6-3-2-5-13(14)11-19/h2-3,5-8H,4,9-10,12H2,1H3,(H,20,24)(H,21,23). The second-order valence-corrected chi connectivity index (χ2v) is 6.03. The first kappa shape index (κ1) is 15.9. The van der Waals surface area contributed by atoms with Crippen molar-refractivity contribution in [2.75, 3.05) is 18.9 Å². The molecule has 0 unspecified atom stereocenters. The minimum Gasteiger partial charge on any atom is -0.368 e. The second-order valence-electron chi connectivity index (χ2n) is 6.03. The van der Waals surface area contributed by atoms with Crippen molar-refractivity contribution in [2.24, 2.45) is 0 Å². The molecule has 1 aromatic heterocycles. The normalized spacial score (nSPS) is 15.0. The molecule has 2 N–H and O–H groups in total. The lowest BCUT2D eigenvalue weighted by Crippen LogP contribution is -2.41. The zero-order valence-corrected chi connectivity index (χ0v) is 13.5. The SMILES string of the molecule is CNC(=O)c1ccc(NCC2(c3ccccc3C#N)CCC2)nn1. The highest BCUT2D eigenvalue weighted by atomic mass is 16.1. The van der Waals surface area contributed by atoms with Crippen LogP contribution in [-0.2, 0) is 5.41 Å². The van der Waals surface area contributed by atoms with Gasteiger partial charge in [-0.2, -0.15) is 5.26 Å². The Kier molecular flexibility index (Phi) is 4.43. The number of aromatic nitrogens is 2. The molecule has 6 nitrogen and oxygen atoms in total. The molecule has 0 atom stereocenters. The Balaban J connectivity index is 1.75. The molecule has 0 spiro atoms. The molecule has 1 aromatic carbocycles. The lowest BCUT2D eigenvalue weighted by atomic mass is 9.63. The van der Waals surface area contributed by atoms with Crippen molar-refractivity contribution in [1.29, 1.82) is 5.26 Å². The summed E-state index contributed by atoms with van der Waals surface area (Å²) in [5.41, 5.74) is 2.09. The molecular formula is C18H19N5O. The quantitative estimate of drug-likeness (QED) is 0.881. The Morgan fingerprint density at radius 3 is 2.62 bits per heavy atom. The zero-order valence-electron chi connectivity index (χ0n) is 13.5. The molecule has 1 fully saturated rings. The molecular weight excluding hydrogens is 302 g/mol. The van der Waals surface area contributed by atoms with Crippen LogP contribution in [0, 0.1) is 11.3 Å². The minimum absolute atomic E-state index is 0.0343. The van der Waals surface area contributed by atoms with Gasteiger partial charge in [-0.3, -0.25) is 4.79 Å². The molecule has 0 radical (unpaired) electrons. The number of benzene rings is 1. The van der Waals surface area contributed by atoms with Gasteiger partial charge in [-0.25, -0.2) is 0 Å². The predicted molar refractivity (Wildman–Crippen MR) is 90.6 cm³/mol. The predicted octanol–water partition coefficient (Wildman–Crippen LogP) is 2.24. The van der Waals surface area contributed by atoms with E-state index in [0.717, 1.165) is 30.4 Å². The minimum atomic E-state index is -0.257. The Labute approximate surface area is 140 Å². The van der Waals surface area contributed by atoms with Crippen LogP contribution in [0.1, 0.15) is 40.9 Å². The first-order chi connectivity index (χ1) is 11.7. The Bertz CT molecular complexity index is 775. The van der Waals surface area contributed by atoms with E-state index in [4.69, 9.17) is 0 Å². The second kappa shape index (κ2) is 6.67. The molecule has 122 valence electrons. The molecule has 0 aliphatic heterocycles. The third kappa shape index (κ3) is 2.93. The van der Waals surface area contributed by atoms with Gasteiger partial charge in [0, 0.05) is 19.0 Å². The average Bonchev–Trinajstić information content (AvgIpc) is 2.61. The molecule has 1 amide bonds. The van der Waals surface area contributed by atoms with Gasteiger partial charge in [-0.1, -0.05) is 24.6 Å². The molecule has 3 rings (SSSR count). The zero-order chi connectivity index (χ0) is 17.0. The van der Waals surface area contributed by atoms with Gasteiger partial charge in [0.05, 0.1) is 11.6 Å². The number of rotatable bonds is 5. The largest absolute Gasteiger partial charge is 0.368 e. The van der Waals surface area contributed by atoms with Gasteiger partial charge < -0.3 is 10.6 Å². The molecule has 2 aromatic rings. The molecule has 1 heterocycles. The summed E-state index contributed by atoms with van der Waals surface area (Å²) in [5, 5.41) is 23.2. The van der Waals surface area contributed by atoms with Crippen LogP contribution in [0.5, 0.6) is 0 Å². The first-order valence-corrected chi connectivity index (χ1v) is 7.98. The molecule has 6 heteroatoms. The lowest BCUT2D eigenvalue weighted by molar-refractivity contribution is 0.0957. The van der Waals surface area contributed by atoms with Crippen LogP contribution in [0.4, 0.5) is 5.82 Å². The van der Waals surface area contributed by atoms with E-state index in [1.165, 1.54) is 0 Å². The van der Waals surface area contributed by atoms with Crippen molar-refractivity contribution in [3.8, 4) is 6.07 Å². The number of carbonyl (C=O) groups is 1. The highest BCUT2D eigenvalue weighted by Crippen LogP contribution is 2.44. The summed E-state index contributed by atoms with van der Waals surface area (Å²) >= 11 is 0. The van der Waals surface area contributed by atoms with E-state index in [2.05, 4.69) is 26.9 Å². The van der Waals surface area contributed by atoms with Crippen molar-refractivity contribution in [3.63, 3.8) is 0 Å². The van der Waals surface area contributed by atoms with E-state index in [-0.39, 0.29) is 17.0 Å². The van der Waals surface area contributed by atoms with Crippen LogP contribution in [0.25, 0.3) is 0 Å². The smallest absolute Gasteiger partial charge is 0.271 e. The number of carbonyl (C=O) groups excluding carboxylic acids is 1. The highest BCUT2D eigenvalue weighted by molar-refractivity contribution is 5.91. The van der Waals surface area contributed by atoms with Gasteiger partial charge in [-0.05, 0) is 36.6 Å². The van der Waals surface area contributed by atoms with Crippen molar-refractivity contribution < 1.29 is 4.79 Å². The topological polar surface area (TPSA) is 90.7 Å². The van der Waals surface area contributed by atoms with Crippen LogP contribution >= 0.6 is 0 Å². The summed E-state index contributed by atoms with van der Waals surface area (Å²) in [5.74, 6) is 0.371. The highest BCUT2D eigenvalue weighted by Gasteiger charge is 2.40. The van der Waals surface area contributed by atoms with Crippen LogP contribution in [0.3, 0.4) is 0 Å². The van der Waals surface area contributed by atoms with Crippen molar-refractivity contribution in [2.45, 2.75) is 24.7 Å². The van der Waals surface area contributed by atoms with Gasteiger partial charge in [0.1, 0.15) is 5.82 Å². The molecule has 1 aliphatic rings. The molecule has 1 saturated carbocycles. The Hall–Kier alpha value is -2.94. The number of nitrogens with zero attached hydrogens (tertiary/aromatic N) is 3. The fraction of sp³-hybridized carbons (Fsp3) is 0.333. The fourth-order valence-corrected chi connectivity index (χ4v) is 3.12. The Morgan fingerprint density at radius 1 is 1.25 bits per heavy atom. The summed E-state index contributed by atoms with van der Waals surface area (Å²) in [4.78, 5) is 11.5. The van der Waals surface area contributed by atoms with Gasteiger partial charge in [-0.15, -0.1) is 10.2 Å². The van der Waals surface area contributed by atoms with E-state index >= 15 is 0 Å². The van der Waals surface area contributed by atoms with E-state index in [1.54, 1.807) is 19.2 Å². The van der Waals surface area contributed by atoms with Gasteiger partial charge >= 0.3 is 0 Å². The third-order valence-corrected chi connectivity index (χ3v) is 4.66. The first-order valence-electron chi connectivity index (χ1n) is 7.98. The number of hydrogen-bond donors (Lipinski definition) is 2. The number of nitrogens with one attached hydrogen (secondary N) is 2. The van der Waals surface area contributed by atoms with Crippen LogP contribution in [0.15, 0.2) is 36.4 Å². The molecule has 0 saturated heterocycles. The van der Waals surface area contributed by atoms with Crippen LogP contribution in [-0.4, -0.2) is 29.7 Å². The van der Waals surface area contributed by atoms with Crippen LogP contribution < -0.4 is 10.6 Å². The summed E-state index contributed by atoms with van der Waals surface area (Å²) in [6.07, 6.45) is 3.24. The number of anilines is 1. The third-order valence-electron chi connectivity index (χ3n) is 4.66. The van der Waals surface area contributed by atoms with E-state index < -0.39 is 0 Å². The van der Waals surface area contributed by atoms with Gasteiger partial charge in [0.15, 0.2) is 5.69 Å². The molecule has 1 aliphatic carbocycles. The maximum absolute atomic E-state index is 11.5. The average molecular weight is 321 g/mol. The molecule has 0 bridgehead atoms. The molecule has 24 heavy (non-hydrogen) atoms. The number of amides is 1.